The summed E-state index contributed by atoms with van der Waals surface area (Å²) in [6, 6.07) is 3.41. The molecule has 8 heteroatoms. The predicted molar refractivity (Wildman–Crippen MR) is 76.1 cm³/mol. The van der Waals surface area contributed by atoms with Crippen molar-refractivity contribution in [2.75, 3.05) is 31.7 Å². The standard InChI is InChI=1S/C10H16N4O2S2/c1-14(2)18(15,16)6-5-12-8-3-4-13-9(7-8)10(11)17/h3-4,7H,5-6H2,1-2H3,(H2,11,17)(H,12,13). The van der Waals surface area contributed by atoms with Gasteiger partial charge in [0, 0.05) is 32.5 Å². The van der Waals surface area contributed by atoms with Gasteiger partial charge in [-0.15, -0.1) is 0 Å². The molecule has 0 unspecified atom stereocenters. The number of pyridine rings is 1. The molecule has 0 amide bonds. The van der Waals surface area contributed by atoms with Gasteiger partial charge in [0.15, 0.2) is 0 Å². The summed E-state index contributed by atoms with van der Waals surface area (Å²) in [4.78, 5) is 4.20. The highest BCUT2D eigenvalue weighted by Crippen LogP contribution is 2.07. The zero-order valence-corrected chi connectivity index (χ0v) is 11.9. The molecule has 1 aromatic heterocycles. The summed E-state index contributed by atoms with van der Waals surface area (Å²) >= 11 is 4.81. The molecule has 3 N–H and O–H groups in total. The number of anilines is 1. The second-order valence-corrected chi connectivity index (χ2v) is 6.56. The molecule has 0 spiro atoms. The van der Waals surface area contributed by atoms with Crippen LogP contribution in [0.1, 0.15) is 5.69 Å². The molecule has 18 heavy (non-hydrogen) atoms. The van der Waals surface area contributed by atoms with Crippen LogP contribution in [-0.4, -0.2) is 49.1 Å². The Labute approximate surface area is 112 Å². The minimum absolute atomic E-state index is 0.0186. The van der Waals surface area contributed by atoms with Crippen LogP contribution in [0.3, 0.4) is 0 Å². The summed E-state index contributed by atoms with van der Waals surface area (Å²) in [5.74, 6) is 0.0186. The van der Waals surface area contributed by atoms with Crippen LogP contribution in [0, 0.1) is 0 Å². The van der Waals surface area contributed by atoms with Gasteiger partial charge >= 0.3 is 0 Å². The maximum Gasteiger partial charge on any atom is 0.215 e. The molecule has 1 heterocycles. The Kier molecular flexibility index (Phi) is 5.00. The molecule has 0 bridgehead atoms. The van der Waals surface area contributed by atoms with E-state index in [0.29, 0.717) is 12.2 Å². The van der Waals surface area contributed by atoms with Crippen LogP contribution >= 0.6 is 12.2 Å². The smallest absolute Gasteiger partial charge is 0.215 e. The van der Waals surface area contributed by atoms with Gasteiger partial charge in [-0.25, -0.2) is 12.7 Å². The summed E-state index contributed by atoms with van der Waals surface area (Å²) in [6.07, 6.45) is 1.57. The average molecular weight is 288 g/mol. The van der Waals surface area contributed by atoms with Crippen LogP contribution in [0.4, 0.5) is 5.69 Å². The van der Waals surface area contributed by atoms with Gasteiger partial charge in [0.25, 0.3) is 0 Å². The van der Waals surface area contributed by atoms with E-state index in [-0.39, 0.29) is 10.7 Å². The molecule has 0 fully saturated rings. The number of thiocarbonyl (C=S) groups is 1. The van der Waals surface area contributed by atoms with Crippen molar-refractivity contribution < 1.29 is 8.42 Å². The van der Waals surface area contributed by atoms with Crippen LogP contribution in [0.15, 0.2) is 18.3 Å². The number of hydrogen-bond donors (Lipinski definition) is 2. The van der Waals surface area contributed by atoms with E-state index in [1.54, 1.807) is 18.3 Å². The Morgan fingerprint density at radius 2 is 2.22 bits per heavy atom. The molecular formula is C10H16N4O2S2. The maximum atomic E-state index is 11.5. The van der Waals surface area contributed by atoms with E-state index < -0.39 is 10.0 Å². The van der Waals surface area contributed by atoms with Crippen LogP contribution in [-0.2, 0) is 10.0 Å². The fraction of sp³-hybridized carbons (Fsp3) is 0.400. The van der Waals surface area contributed by atoms with Gasteiger partial charge < -0.3 is 11.1 Å². The Morgan fingerprint density at radius 3 is 2.78 bits per heavy atom. The van der Waals surface area contributed by atoms with Crippen LogP contribution in [0.25, 0.3) is 0 Å². The number of nitrogens with two attached hydrogens (primary N) is 1. The normalized spacial score (nSPS) is 11.5. The van der Waals surface area contributed by atoms with Crippen LogP contribution in [0.2, 0.25) is 0 Å². The number of hydrogen-bond acceptors (Lipinski definition) is 5. The lowest BCUT2D eigenvalue weighted by Crippen LogP contribution is -2.28. The molecular weight excluding hydrogens is 272 g/mol. The zero-order chi connectivity index (χ0) is 13.8. The fourth-order valence-electron chi connectivity index (χ4n) is 1.18. The van der Waals surface area contributed by atoms with Gasteiger partial charge in [-0.1, -0.05) is 12.2 Å². The van der Waals surface area contributed by atoms with E-state index in [0.717, 1.165) is 5.69 Å². The van der Waals surface area contributed by atoms with E-state index in [1.807, 2.05) is 0 Å². The Hall–Kier alpha value is -1.25. The second kappa shape index (κ2) is 6.07. The molecule has 0 radical (unpaired) electrons. The molecule has 100 valence electrons. The van der Waals surface area contributed by atoms with Gasteiger partial charge in [-0.3, -0.25) is 4.98 Å². The molecule has 0 aliphatic heterocycles. The SMILES string of the molecule is CN(C)S(=O)(=O)CCNc1ccnc(C(N)=S)c1. The number of nitrogens with one attached hydrogen (secondary N) is 1. The van der Waals surface area contributed by atoms with Gasteiger partial charge in [-0.05, 0) is 12.1 Å². The van der Waals surface area contributed by atoms with Gasteiger partial charge in [-0.2, -0.15) is 0 Å². The summed E-state index contributed by atoms with van der Waals surface area (Å²) in [5.41, 5.74) is 6.70. The highest BCUT2D eigenvalue weighted by atomic mass is 32.2. The summed E-state index contributed by atoms with van der Waals surface area (Å²) in [6.45, 7) is 0.307. The van der Waals surface area contributed by atoms with Crippen molar-refractivity contribution in [2.45, 2.75) is 0 Å². The summed E-state index contributed by atoms with van der Waals surface area (Å²) < 4.78 is 24.3. The largest absolute Gasteiger partial charge is 0.388 e. The molecule has 1 rings (SSSR count). The molecule has 6 nitrogen and oxygen atoms in total. The van der Waals surface area contributed by atoms with Crippen molar-refractivity contribution in [1.29, 1.82) is 0 Å². The third-order valence-electron chi connectivity index (χ3n) is 2.26. The van der Waals surface area contributed by atoms with E-state index >= 15 is 0 Å². The van der Waals surface area contributed by atoms with Gasteiger partial charge in [0.05, 0.1) is 11.4 Å². The van der Waals surface area contributed by atoms with Crippen molar-refractivity contribution >= 4 is 32.9 Å². The average Bonchev–Trinajstić information content (AvgIpc) is 2.29. The second-order valence-electron chi connectivity index (χ2n) is 3.82. The predicted octanol–water partition coefficient (Wildman–Crippen LogP) is 0.0191. The van der Waals surface area contributed by atoms with E-state index in [4.69, 9.17) is 18.0 Å². The molecule has 0 aromatic carbocycles. The molecule has 0 saturated carbocycles. The van der Waals surface area contributed by atoms with Crippen LogP contribution < -0.4 is 11.1 Å². The first-order valence-electron chi connectivity index (χ1n) is 5.23. The van der Waals surface area contributed by atoms with Crippen molar-refractivity contribution in [2.24, 2.45) is 5.73 Å². The fourth-order valence-corrected chi connectivity index (χ4v) is 2.02. The first-order chi connectivity index (χ1) is 8.33. The van der Waals surface area contributed by atoms with Gasteiger partial charge in [0.2, 0.25) is 10.0 Å². The molecule has 0 saturated heterocycles. The van der Waals surface area contributed by atoms with E-state index in [9.17, 15) is 8.42 Å². The molecule has 1 aromatic rings. The lowest BCUT2D eigenvalue weighted by molar-refractivity contribution is 0.521. The highest BCUT2D eigenvalue weighted by Gasteiger charge is 2.12. The van der Waals surface area contributed by atoms with Crippen molar-refractivity contribution in [3.63, 3.8) is 0 Å². The Morgan fingerprint density at radius 1 is 1.56 bits per heavy atom. The summed E-state index contributed by atoms with van der Waals surface area (Å²) in [5, 5.41) is 2.99. The number of aromatic nitrogens is 1. The maximum absolute atomic E-state index is 11.5. The number of rotatable bonds is 6. The lowest BCUT2D eigenvalue weighted by Gasteiger charge is -2.12. The minimum atomic E-state index is -3.19. The summed E-state index contributed by atoms with van der Waals surface area (Å²) in [7, 11) is -0.177. The van der Waals surface area contributed by atoms with Crippen LogP contribution in [0.5, 0.6) is 0 Å². The first kappa shape index (κ1) is 14.8. The monoisotopic (exact) mass is 288 g/mol. The topological polar surface area (TPSA) is 88.3 Å². The minimum Gasteiger partial charge on any atom is -0.388 e. The Balaban J connectivity index is 2.60. The third kappa shape index (κ3) is 4.21. The first-order valence-corrected chi connectivity index (χ1v) is 7.24. The number of sulfonamides is 1. The molecule has 0 atom stereocenters. The molecule has 0 aliphatic rings. The quantitative estimate of drug-likeness (QED) is 0.717. The van der Waals surface area contributed by atoms with Crippen molar-refractivity contribution in [3.05, 3.63) is 24.0 Å². The highest BCUT2D eigenvalue weighted by molar-refractivity contribution is 7.89. The Bertz CT molecular complexity index is 528. The third-order valence-corrected chi connectivity index (χ3v) is 4.30. The van der Waals surface area contributed by atoms with Crippen molar-refractivity contribution in [1.82, 2.24) is 9.29 Å². The van der Waals surface area contributed by atoms with Gasteiger partial charge in [0.1, 0.15) is 4.99 Å². The lowest BCUT2D eigenvalue weighted by atomic mass is 10.3. The zero-order valence-electron chi connectivity index (χ0n) is 10.3. The van der Waals surface area contributed by atoms with E-state index in [2.05, 4.69) is 10.3 Å². The van der Waals surface area contributed by atoms with Crippen molar-refractivity contribution in [3.8, 4) is 0 Å². The number of nitrogens with zero attached hydrogens (tertiary/aromatic N) is 2. The van der Waals surface area contributed by atoms with E-state index in [1.165, 1.54) is 18.4 Å². The molecule has 0 aliphatic carbocycles.